The van der Waals surface area contributed by atoms with Gasteiger partial charge in [-0.1, -0.05) is 29.8 Å². The van der Waals surface area contributed by atoms with Gasteiger partial charge in [-0.2, -0.15) is 0 Å². The average Bonchev–Trinajstić information content (AvgIpc) is 3.16. The van der Waals surface area contributed by atoms with Crippen LogP contribution in [-0.2, 0) is 4.79 Å². The maximum Gasteiger partial charge on any atom is 0.269 e. The van der Waals surface area contributed by atoms with Crippen molar-refractivity contribution in [3.8, 4) is 11.3 Å². The van der Waals surface area contributed by atoms with E-state index in [4.69, 9.17) is 16.0 Å². The lowest BCUT2D eigenvalue weighted by molar-refractivity contribution is -0.124. The normalized spacial score (nSPS) is 11.2. The SMILES string of the molecule is CN(C)C(=O)C(=Cc1ccc(-c2ccc(Cl)cc2)o1)NC(=O)c1ccccc1. The van der Waals surface area contributed by atoms with Gasteiger partial charge in [-0.25, -0.2) is 0 Å². The van der Waals surface area contributed by atoms with E-state index >= 15 is 0 Å². The lowest BCUT2D eigenvalue weighted by atomic mass is 10.2. The molecule has 3 aromatic rings. The summed E-state index contributed by atoms with van der Waals surface area (Å²) >= 11 is 5.91. The Hall–Kier alpha value is -3.31. The molecule has 3 rings (SSSR count). The molecule has 6 heteroatoms. The maximum atomic E-state index is 12.5. The van der Waals surface area contributed by atoms with Crippen LogP contribution in [0.4, 0.5) is 0 Å². The third kappa shape index (κ3) is 4.69. The van der Waals surface area contributed by atoms with Crippen molar-refractivity contribution in [1.29, 1.82) is 0 Å². The van der Waals surface area contributed by atoms with E-state index < -0.39 is 0 Å². The van der Waals surface area contributed by atoms with E-state index in [2.05, 4.69) is 5.32 Å². The molecular weight excluding hydrogens is 376 g/mol. The van der Waals surface area contributed by atoms with E-state index in [1.807, 2.05) is 18.2 Å². The number of carbonyl (C=O) groups excluding carboxylic acids is 2. The van der Waals surface area contributed by atoms with Crippen molar-refractivity contribution in [2.45, 2.75) is 0 Å². The number of hydrogen-bond acceptors (Lipinski definition) is 3. The Morgan fingerprint density at radius 1 is 0.964 bits per heavy atom. The molecule has 0 aliphatic heterocycles. The van der Waals surface area contributed by atoms with E-state index in [1.54, 1.807) is 62.6 Å². The Bertz CT molecular complexity index is 1010. The molecule has 1 heterocycles. The highest BCUT2D eigenvalue weighted by atomic mass is 35.5. The summed E-state index contributed by atoms with van der Waals surface area (Å²) in [5.74, 6) is 0.373. The first-order valence-corrected chi connectivity index (χ1v) is 8.97. The first-order chi connectivity index (χ1) is 13.4. The van der Waals surface area contributed by atoms with Crippen LogP contribution in [0, 0.1) is 0 Å². The van der Waals surface area contributed by atoms with Gasteiger partial charge in [0.15, 0.2) is 0 Å². The molecule has 0 saturated heterocycles. The van der Waals surface area contributed by atoms with Crippen molar-refractivity contribution in [3.63, 3.8) is 0 Å². The highest BCUT2D eigenvalue weighted by Crippen LogP contribution is 2.24. The van der Waals surface area contributed by atoms with Crippen LogP contribution in [-0.4, -0.2) is 30.8 Å². The van der Waals surface area contributed by atoms with Crippen LogP contribution in [0.15, 0.2) is 76.8 Å². The Morgan fingerprint density at radius 2 is 1.64 bits per heavy atom. The van der Waals surface area contributed by atoms with Crippen molar-refractivity contribution in [2.75, 3.05) is 14.1 Å². The zero-order chi connectivity index (χ0) is 20.1. The van der Waals surface area contributed by atoms with Crippen molar-refractivity contribution < 1.29 is 14.0 Å². The van der Waals surface area contributed by atoms with Gasteiger partial charge in [0.25, 0.3) is 11.8 Å². The fraction of sp³-hybridized carbons (Fsp3) is 0.0909. The number of rotatable bonds is 5. The quantitative estimate of drug-likeness (QED) is 0.650. The molecule has 1 N–H and O–H groups in total. The standard InChI is InChI=1S/C22H19ClN2O3/c1-25(2)22(27)19(24-21(26)16-6-4-3-5-7-16)14-18-12-13-20(28-18)15-8-10-17(23)11-9-15/h3-14H,1-2H3,(H,24,26). The van der Waals surface area contributed by atoms with Gasteiger partial charge in [-0.05, 0) is 48.5 Å². The van der Waals surface area contributed by atoms with Gasteiger partial charge in [0.05, 0.1) is 0 Å². The summed E-state index contributed by atoms with van der Waals surface area (Å²) < 4.78 is 5.82. The number of halogens is 1. The highest BCUT2D eigenvalue weighted by Gasteiger charge is 2.17. The van der Waals surface area contributed by atoms with Crippen LogP contribution < -0.4 is 5.32 Å². The van der Waals surface area contributed by atoms with Gasteiger partial charge in [-0.3, -0.25) is 9.59 Å². The molecule has 28 heavy (non-hydrogen) atoms. The largest absolute Gasteiger partial charge is 0.457 e. The van der Waals surface area contributed by atoms with Gasteiger partial charge in [0.2, 0.25) is 0 Å². The van der Waals surface area contributed by atoms with E-state index in [-0.39, 0.29) is 17.5 Å². The first kappa shape index (κ1) is 19.5. The van der Waals surface area contributed by atoms with Crippen LogP contribution >= 0.6 is 11.6 Å². The topological polar surface area (TPSA) is 62.6 Å². The number of likely N-dealkylation sites (N-methyl/N-ethyl adjacent to an activating group) is 1. The summed E-state index contributed by atoms with van der Waals surface area (Å²) in [6.07, 6.45) is 1.52. The number of nitrogens with one attached hydrogen (secondary N) is 1. The molecule has 2 aromatic carbocycles. The van der Waals surface area contributed by atoms with Crippen LogP contribution in [0.3, 0.4) is 0 Å². The number of amides is 2. The van der Waals surface area contributed by atoms with Gasteiger partial charge in [0, 0.05) is 36.3 Å². The van der Waals surface area contributed by atoms with Gasteiger partial charge in [0.1, 0.15) is 17.2 Å². The molecule has 0 saturated carbocycles. The van der Waals surface area contributed by atoms with Crippen molar-refractivity contribution in [3.05, 3.63) is 88.8 Å². The lowest BCUT2D eigenvalue weighted by Crippen LogP contribution is -2.34. The Morgan fingerprint density at radius 3 is 2.29 bits per heavy atom. The second-order valence-corrected chi connectivity index (χ2v) is 6.72. The van der Waals surface area contributed by atoms with Crippen molar-refractivity contribution in [1.82, 2.24) is 10.2 Å². The summed E-state index contributed by atoms with van der Waals surface area (Å²) in [4.78, 5) is 26.4. The highest BCUT2D eigenvalue weighted by molar-refractivity contribution is 6.30. The zero-order valence-corrected chi connectivity index (χ0v) is 16.2. The second-order valence-electron chi connectivity index (χ2n) is 6.29. The predicted molar refractivity (Wildman–Crippen MR) is 110 cm³/mol. The van der Waals surface area contributed by atoms with Crippen LogP contribution in [0.25, 0.3) is 17.4 Å². The molecular formula is C22H19ClN2O3. The Labute approximate surface area is 168 Å². The van der Waals surface area contributed by atoms with E-state index in [1.165, 1.54) is 11.0 Å². The minimum Gasteiger partial charge on any atom is -0.457 e. The van der Waals surface area contributed by atoms with Gasteiger partial charge in [-0.15, -0.1) is 0 Å². The van der Waals surface area contributed by atoms with E-state index in [0.717, 1.165) is 5.56 Å². The maximum absolute atomic E-state index is 12.5. The van der Waals surface area contributed by atoms with Crippen molar-refractivity contribution in [2.24, 2.45) is 0 Å². The van der Waals surface area contributed by atoms with Gasteiger partial charge >= 0.3 is 0 Å². The number of benzene rings is 2. The lowest BCUT2D eigenvalue weighted by Gasteiger charge is -2.14. The summed E-state index contributed by atoms with van der Waals surface area (Å²) in [6.45, 7) is 0. The average molecular weight is 395 g/mol. The molecule has 0 fully saturated rings. The summed E-state index contributed by atoms with van der Waals surface area (Å²) in [6, 6.07) is 19.5. The third-order valence-electron chi connectivity index (χ3n) is 3.96. The molecule has 0 bridgehead atoms. The molecule has 5 nitrogen and oxygen atoms in total. The van der Waals surface area contributed by atoms with E-state index in [0.29, 0.717) is 22.1 Å². The molecule has 0 aliphatic carbocycles. The van der Waals surface area contributed by atoms with Crippen LogP contribution in [0.1, 0.15) is 16.1 Å². The second kappa shape index (κ2) is 8.59. The minimum absolute atomic E-state index is 0.121. The van der Waals surface area contributed by atoms with Gasteiger partial charge < -0.3 is 14.6 Å². The van der Waals surface area contributed by atoms with Crippen molar-refractivity contribution >= 4 is 29.5 Å². The van der Waals surface area contributed by atoms with E-state index in [9.17, 15) is 9.59 Å². The molecule has 0 atom stereocenters. The summed E-state index contributed by atoms with van der Waals surface area (Å²) in [7, 11) is 3.23. The molecule has 1 aromatic heterocycles. The number of nitrogens with zero attached hydrogens (tertiary/aromatic N) is 1. The fourth-order valence-electron chi connectivity index (χ4n) is 2.52. The molecule has 2 amide bonds. The zero-order valence-electron chi connectivity index (χ0n) is 15.5. The molecule has 0 spiro atoms. The van der Waals surface area contributed by atoms with Crippen LogP contribution in [0.5, 0.6) is 0 Å². The summed E-state index contributed by atoms with van der Waals surface area (Å²) in [5.41, 5.74) is 1.44. The predicted octanol–water partition coefficient (Wildman–Crippen LogP) is 4.46. The monoisotopic (exact) mass is 394 g/mol. The minimum atomic E-state index is -0.369. The van der Waals surface area contributed by atoms with Crippen LogP contribution in [0.2, 0.25) is 5.02 Å². The number of carbonyl (C=O) groups is 2. The summed E-state index contributed by atoms with van der Waals surface area (Å²) in [5, 5.41) is 3.31. The fourth-order valence-corrected chi connectivity index (χ4v) is 2.64. The molecule has 0 unspecified atom stereocenters. The smallest absolute Gasteiger partial charge is 0.269 e. The molecule has 0 aliphatic rings. The third-order valence-corrected chi connectivity index (χ3v) is 4.21. The Kier molecular flexibility index (Phi) is 5.96. The molecule has 142 valence electrons. The Balaban J connectivity index is 1.88. The number of furan rings is 1. The first-order valence-electron chi connectivity index (χ1n) is 8.59. The number of hydrogen-bond donors (Lipinski definition) is 1. The molecule has 0 radical (unpaired) electrons.